The van der Waals surface area contributed by atoms with Gasteiger partial charge < -0.3 is 5.73 Å². The molecule has 0 spiro atoms. The van der Waals surface area contributed by atoms with Gasteiger partial charge in [0, 0.05) is 29.9 Å². The zero-order valence-corrected chi connectivity index (χ0v) is 14.6. The molecule has 1 saturated carbocycles. The average molecular weight is 339 g/mol. The summed E-state index contributed by atoms with van der Waals surface area (Å²) in [5.41, 5.74) is 8.72. The van der Waals surface area contributed by atoms with E-state index in [0.717, 1.165) is 32.0 Å². The molecule has 0 atom stereocenters. The Hall–Kier alpha value is -2.21. The number of rotatable bonds is 2. The Bertz CT molecular complexity index is 934. The van der Waals surface area contributed by atoms with Crippen molar-refractivity contribution >= 4 is 27.9 Å². The third kappa shape index (κ3) is 2.94. The molecule has 0 aliphatic heterocycles. The van der Waals surface area contributed by atoms with Crippen LogP contribution in [0.1, 0.15) is 32.1 Å². The fraction of sp³-hybridized carbons (Fsp3) is 0.389. The molecule has 0 unspecified atom stereocenters. The third-order valence-corrected chi connectivity index (χ3v) is 5.66. The van der Waals surface area contributed by atoms with Crippen LogP contribution in [0.15, 0.2) is 35.5 Å². The van der Waals surface area contributed by atoms with Crippen molar-refractivity contribution in [3.05, 3.63) is 35.3 Å². The largest absolute Gasteiger partial charge is 0.398 e. The molecular formula is C18H21N5S. The molecule has 1 aliphatic carbocycles. The first-order valence-corrected chi connectivity index (χ1v) is 9.25. The molecule has 124 valence electrons. The van der Waals surface area contributed by atoms with Crippen LogP contribution < -0.4 is 10.5 Å². The predicted molar refractivity (Wildman–Crippen MR) is 98.7 cm³/mol. The Morgan fingerprint density at radius 3 is 2.88 bits per heavy atom. The first kappa shape index (κ1) is 15.3. The Morgan fingerprint density at radius 1 is 1.21 bits per heavy atom. The minimum atomic E-state index is 0.455. The number of fused-ring (bicyclic) bond motifs is 1. The third-order valence-electron chi connectivity index (χ3n) is 4.60. The van der Waals surface area contributed by atoms with Gasteiger partial charge in [0.25, 0.3) is 0 Å². The van der Waals surface area contributed by atoms with Gasteiger partial charge in [0.15, 0.2) is 0 Å². The van der Waals surface area contributed by atoms with Crippen LogP contribution in [-0.4, -0.2) is 20.8 Å². The highest BCUT2D eigenvalue weighted by atomic mass is 32.1. The molecule has 2 heterocycles. The molecular weight excluding hydrogens is 318 g/mol. The lowest BCUT2D eigenvalue weighted by Crippen LogP contribution is -2.18. The van der Waals surface area contributed by atoms with Gasteiger partial charge in [0.1, 0.15) is 5.01 Å². The van der Waals surface area contributed by atoms with E-state index in [4.69, 9.17) is 10.7 Å². The summed E-state index contributed by atoms with van der Waals surface area (Å²) in [5, 5.41) is 6.61. The Morgan fingerprint density at radius 2 is 2.04 bits per heavy atom. The van der Waals surface area contributed by atoms with Crippen molar-refractivity contribution in [1.29, 1.82) is 0 Å². The second-order valence-corrected chi connectivity index (χ2v) is 7.32. The van der Waals surface area contributed by atoms with Crippen molar-refractivity contribution in [3.63, 3.8) is 0 Å². The van der Waals surface area contributed by atoms with Gasteiger partial charge in [-0.05, 0) is 25.0 Å². The van der Waals surface area contributed by atoms with Crippen LogP contribution >= 0.6 is 11.3 Å². The number of nitrogens with zero attached hydrogens (tertiary/aromatic N) is 4. The first-order chi connectivity index (χ1) is 11.7. The first-order valence-electron chi connectivity index (χ1n) is 8.43. The molecule has 0 radical (unpaired) electrons. The number of aryl methyl sites for hydroxylation is 1. The zero-order valence-electron chi connectivity index (χ0n) is 13.8. The van der Waals surface area contributed by atoms with E-state index in [0.29, 0.717) is 6.04 Å². The molecule has 5 nitrogen and oxygen atoms in total. The van der Waals surface area contributed by atoms with Crippen LogP contribution in [-0.2, 0) is 7.05 Å². The number of hydrogen-bond acceptors (Lipinski definition) is 5. The second-order valence-electron chi connectivity index (χ2n) is 6.37. The smallest absolute Gasteiger partial charge is 0.203 e. The van der Waals surface area contributed by atoms with Crippen LogP contribution in [0.3, 0.4) is 0 Å². The maximum atomic E-state index is 6.01. The number of aromatic nitrogens is 3. The SMILES string of the molecule is Cn1nc(-c2ccc3c(N)ccnc3c2)sc1=NC1CCCCC1. The van der Waals surface area contributed by atoms with E-state index >= 15 is 0 Å². The van der Waals surface area contributed by atoms with E-state index in [1.165, 1.54) is 32.1 Å². The minimum absolute atomic E-state index is 0.455. The molecule has 0 bridgehead atoms. The van der Waals surface area contributed by atoms with Crippen molar-refractivity contribution in [2.45, 2.75) is 38.1 Å². The van der Waals surface area contributed by atoms with Crippen molar-refractivity contribution in [3.8, 4) is 10.6 Å². The summed E-state index contributed by atoms with van der Waals surface area (Å²) in [6.07, 6.45) is 8.08. The average Bonchev–Trinajstić information content (AvgIpc) is 2.96. The Kier molecular flexibility index (Phi) is 4.06. The summed E-state index contributed by atoms with van der Waals surface area (Å²) in [4.78, 5) is 10.3. The molecule has 1 aliphatic rings. The lowest BCUT2D eigenvalue weighted by Gasteiger charge is -2.16. The van der Waals surface area contributed by atoms with Crippen molar-refractivity contribution in [1.82, 2.24) is 14.8 Å². The molecule has 2 N–H and O–H groups in total. The standard InChI is InChI=1S/C18H21N5S/c1-23-18(21-13-5-3-2-4-6-13)24-17(22-23)12-7-8-14-15(19)9-10-20-16(14)11-12/h7-11,13H,2-6H2,1H3,(H2,19,20). The maximum Gasteiger partial charge on any atom is 0.203 e. The highest BCUT2D eigenvalue weighted by molar-refractivity contribution is 7.12. The lowest BCUT2D eigenvalue weighted by molar-refractivity contribution is 0.434. The van der Waals surface area contributed by atoms with Crippen molar-refractivity contribution < 1.29 is 0 Å². The molecule has 4 rings (SSSR count). The molecule has 6 heteroatoms. The monoisotopic (exact) mass is 339 g/mol. The topological polar surface area (TPSA) is 69.1 Å². The Balaban J connectivity index is 1.72. The zero-order chi connectivity index (χ0) is 16.5. The maximum absolute atomic E-state index is 6.01. The van der Waals surface area contributed by atoms with Crippen LogP contribution in [0.25, 0.3) is 21.5 Å². The van der Waals surface area contributed by atoms with E-state index < -0.39 is 0 Å². The lowest BCUT2D eigenvalue weighted by atomic mass is 9.96. The fourth-order valence-electron chi connectivity index (χ4n) is 3.25. The molecule has 1 aromatic carbocycles. The summed E-state index contributed by atoms with van der Waals surface area (Å²) in [7, 11) is 1.97. The van der Waals surface area contributed by atoms with E-state index in [1.807, 2.05) is 23.9 Å². The van der Waals surface area contributed by atoms with Gasteiger partial charge in [-0.25, -0.2) is 4.68 Å². The summed E-state index contributed by atoms with van der Waals surface area (Å²) in [6.45, 7) is 0. The Labute approximate surface area is 144 Å². The number of pyridine rings is 1. The van der Waals surface area contributed by atoms with Gasteiger partial charge in [0.2, 0.25) is 4.80 Å². The number of hydrogen-bond donors (Lipinski definition) is 1. The van der Waals surface area contributed by atoms with Crippen LogP contribution in [0.4, 0.5) is 5.69 Å². The van der Waals surface area contributed by atoms with Gasteiger partial charge >= 0.3 is 0 Å². The van der Waals surface area contributed by atoms with Crippen LogP contribution in [0, 0.1) is 0 Å². The van der Waals surface area contributed by atoms with E-state index in [1.54, 1.807) is 17.5 Å². The van der Waals surface area contributed by atoms with Gasteiger partial charge in [-0.1, -0.05) is 42.7 Å². The van der Waals surface area contributed by atoms with E-state index in [9.17, 15) is 0 Å². The summed E-state index contributed by atoms with van der Waals surface area (Å²) in [6, 6.07) is 8.41. The summed E-state index contributed by atoms with van der Waals surface area (Å²) < 4.78 is 1.89. The van der Waals surface area contributed by atoms with Crippen LogP contribution in [0.5, 0.6) is 0 Å². The van der Waals surface area contributed by atoms with E-state index in [2.05, 4.69) is 22.2 Å². The van der Waals surface area contributed by atoms with Crippen molar-refractivity contribution in [2.24, 2.45) is 12.0 Å². The number of benzene rings is 1. The van der Waals surface area contributed by atoms with Gasteiger partial charge in [0.05, 0.1) is 11.6 Å². The van der Waals surface area contributed by atoms with Crippen molar-refractivity contribution in [2.75, 3.05) is 5.73 Å². The molecule has 24 heavy (non-hydrogen) atoms. The quantitative estimate of drug-likeness (QED) is 0.777. The van der Waals surface area contributed by atoms with Gasteiger partial charge in [-0.3, -0.25) is 9.98 Å². The van der Waals surface area contributed by atoms with E-state index in [-0.39, 0.29) is 0 Å². The van der Waals surface area contributed by atoms with Gasteiger partial charge in [-0.15, -0.1) is 0 Å². The molecule has 2 aromatic heterocycles. The van der Waals surface area contributed by atoms with Crippen LogP contribution in [0.2, 0.25) is 0 Å². The predicted octanol–water partition coefficient (Wildman–Crippen LogP) is 3.51. The minimum Gasteiger partial charge on any atom is -0.398 e. The molecule has 0 amide bonds. The molecule has 3 aromatic rings. The number of anilines is 1. The second kappa shape index (κ2) is 6.36. The summed E-state index contributed by atoms with van der Waals surface area (Å²) in [5.74, 6) is 0. The fourth-order valence-corrected chi connectivity index (χ4v) is 4.20. The summed E-state index contributed by atoms with van der Waals surface area (Å²) >= 11 is 1.65. The molecule has 0 saturated heterocycles. The normalized spacial score (nSPS) is 16.8. The number of nitrogens with two attached hydrogens (primary N) is 1. The highest BCUT2D eigenvalue weighted by Gasteiger charge is 2.13. The highest BCUT2D eigenvalue weighted by Crippen LogP contribution is 2.26. The number of nitrogen functional groups attached to an aromatic ring is 1. The molecule has 1 fully saturated rings. The van der Waals surface area contributed by atoms with Gasteiger partial charge in [-0.2, -0.15) is 5.10 Å².